The molecule has 1 spiro atoms. The Kier molecular flexibility index (Phi) is 9.25. The second-order valence-corrected chi connectivity index (χ2v) is 16.8. The van der Waals surface area contributed by atoms with Gasteiger partial charge in [-0.3, -0.25) is 48.6 Å². The summed E-state index contributed by atoms with van der Waals surface area (Å²) in [7, 11) is 6.57. The zero-order chi connectivity index (χ0) is 40.6. The first-order valence-electron chi connectivity index (χ1n) is 20.1. The number of fused-ring (bicyclic) bond motifs is 3. The molecule has 0 radical (unpaired) electrons. The summed E-state index contributed by atoms with van der Waals surface area (Å²) in [5.41, 5.74) is 5.21. The van der Waals surface area contributed by atoms with Crippen LogP contribution in [0.5, 0.6) is 11.5 Å². The summed E-state index contributed by atoms with van der Waals surface area (Å²) in [5.74, 6) is -0.726. The standard InChI is InChI=1S/C43H47N7O8/c1-46-22-30(37-31(39(46)53)23-47(2)45-37)25-17-33(57-3)36(34(18-25)58-4)42(56)49-13-11-43(12-14-49)9-7-24(8-10-43)19-48-20-26-15-28-29(16-27(26)21-48)41(55)50(40(28)54)32-5-6-35(51)44-38(32)52/h15-18,22-24,32H,5-14,19-21H2,1-4H3,(H,44,51,52). The molecule has 5 aliphatic rings. The van der Waals surface area contributed by atoms with Crippen LogP contribution in [0.3, 0.4) is 0 Å². The Hall–Kier alpha value is -5.83. The number of carbonyl (C=O) groups excluding carboxylic acids is 5. The molecule has 0 bridgehead atoms. The average molecular weight is 790 g/mol. The van der Waals surface area contributed by atoms with E-state index in [1.54, 1.807) is 45.4 Å². The second-order valence-electron chi connectivity index (χ2n) is 16.8. The Morgan fingerprint density at radius 3 is 2.03 bits per heavy atom. The summed E-state index contributed by atoms with van der Waals surface area (Å²) in [5, 5.41) is 7.31. The fraction of sp³-hybridized carbons (Fsp3) is 0.465. The molecular weight excluding hydrogens is 743 g/mol. The summed E-state index contributed by atoms with van der Waals surface area (Å²) in [6.45, 7) is 3.64. The molecule has 15 heteroatoms. The highest BCUT2D eigenvalue weighted by Crippen LogP contribution is 2.48. The van der Waals surface area contributed by atoms with E-state index >= 15 is 0 Å². The molecule has 5 amide bonds. The van der Waals surface area contributed by atoms with Gasteiger partial charge in [-0.15, -0.1) is 0 Å². The Balaban J connectivity index is 0.817. The van der Waals surface area contributed by atoms with Crippen LogP contribution in [0.2, 0.25) is 0 Å². The minimum atomic E-state index is -0.969. The van der Waals surface area contributed by atoms with Crippen molar-refractivity contribution in [3.63, 3.8) is 0 Å². The monoisotopic (exact) mass is 789 g/mol. The maximum Gasteiger partial charge on any atom is 0.262 e. The molecule has 4 aliphatic heterocycles. The van der Waals surface area contributed by atoms with Crippen LogP contribution >= 0.6 is 0 Å². The van der Waals surface area contributed by atoms with E-state index in [0.717, 1.165) is 72.2 Å². The number of hydrogen-bond acceptors (Lipinski definition) is 10. The number of carbonyl (C=O) groups is 5. The van der Waals surface area contributed by atoms with Crippen molar-refractivity contribution in [2.45, 2.75) is 70.5 Å². The zero-order valence-electron chi connectivity index (χ0n) is 33.3. The van der Waals surface area contributed by atoms with Crippen molar-refractivity contribution in [2.24, 2.45) is 25.4 Å². The molecule has 2 saturated heterocycles. The van der Waals surface area contributed by atoms with Gasteiger partial charge in [0.1, 0.15) is 28.6 Å². The third-order valence-corrected chi connectivity index (χ3v) is 13.3. The quantitative estimate of drug-likeness (QED) is 0.273. The minimum Gasteiger partial charge on any atom is -0.496 e. The highest BCUT2D eigenvalue weighted by Gasteiger charge is 2.46. The molecule has 1 N–H and O–H groups in total. The lowest BCUT2D eigenvalue weighted by atomic mass is 9.65. The van der Waals surface area contributed by atoms with E-state index in [0.29, 0.717) is 71.2 Å². The molecule has 9 rings (SSSR count). The molecule has 1 unspecified atom stereocenters. The second kappa shape index (κ2) is 14.2. The summed E-state index contributed by atoms with van der Waals surface area (Å²) < 4.78 is 14.8. The number of imide groups is 2. The number of piperidine rings is 2. The SMILES string of the molecule is COc1cc(-c2cn(C)c(=O)c3cn(C)nc23)cc(OC)c1C(=O)N1CCC2(CCC(CN3Cc4cc5c(cc4C3)C(=O)N(C3CCC(=O)NC3=O)C5=O)CC2)CC1. The van der Waals surface area contributed by atoms with E-state index in [2.05, 4.69) is 15.3 Å². The van der Waals surface area contributed by atoms with Gasteiger partial charge >= 0.3 is 0 Å². The van der Waals surface area contributed by atoms with Crippen LogP contribution in [0, 0.1) is 11.3 Å². The molecule has 2 aromatic carbocycles. The van der Waals surface area contributed by atoms with Crippen molar-refractivity contribution in [1.82, 2.24) is 34.4 Å². The van der Waals surface area contributed by atoms with Gasteiger partial charge in [0.15, 0.2) is 0 Å². The topological polar surface area (TPSA) is 165 Å². The third kappa shape index (κ3) is 6.26. The number of ether oxygens (including phenoxy) is 2. The van der Waals surface area contributed by atoms with Gasteiger partial charge in [0.25, 0.3) is 23.3 Å². The fourth-order valence-corrected chi connectivity index (χ4v) is 10.1. The molecule has 2 aromatic heterocycles. The van der Waals surface area contributed by atoms with Gasteiger partial charge in [-0.1, -0.05) is 0 Å². The van der Waals surface area contributed by atoms with Gasteiger partial charge in [0.05, 0.1) is 30.7 Å². The first-order valence-corrected chi connectivity index (χ1v) is 20.1. The van der Waals surface area contributed by atoms with E-state index < -0.39 is 29.7 Å². The van der Waals surface area contributed by atoms with E-state index in [1.807, 2.05) is 29.2 Å². The number of aryl methyl sites for hydroxylation is 2. The first kappa shape index (κ1) is 37.7. The zero-order valence-corrected chi connectivity index (χ0v) is 33.3. The molecule has 1 atom stereocenters. The molecule has 4 aromatic rings. The van der Waals surface area contributed by atoms with Gasteiger partial charge in [-0.25, -0.2) is 0 Å². The molecule has 1 aliphatic carbocycles. The number of aromatic nitrogens is 3. The Bertz CT molecular complexity index is 2420. The van der Waals surface area contributed by atoms with E-state index in [4.69, 9.17) is 9.47 Å². The van der Waals surface area contributed by atoms with Crippen LogP contribution in [0.25, 0.3) is 22.0 Å². The van der Waals surface area contributed by atoms with Crippen LogP contribution < -0.4 is 20.3 Å². The number of methoxy groups -OCH3 is 2. The van der Waals surface area contributed by atoms with Crippen LogP contribution in [-0.4, -0.2) is 98.5 Å². The van der Waals surface area contributed by atoms with Crippen molar-refractivity contribution >= 4 is 40.4 Å². The van der Waals surface area contributed by atoms with E-state index in [9.17, 15) is 28.8 Å². The molecule has 302 valence electrons. The van der Waals surface area contributed by atoms with Crippen LogP contribution in [0.1, 0.15) is 93.6 Å². The van der Waals surface area contributed by atoms with Crippen LogP contribution in [0.4, 0.5) is 0 Å². The highest BCUT2D eigenvalue weighted by molar-refractivity contribution is 6.23. The molecule has 1 saturated carbocycles. The Morgan fingerprint density at radius 2 is 1.45 bits per heavy atom. The largest absolute Gasteiger partial charge is 0.496 e. The smallest absolute Gasteiger partial charge is 0.262 e. The number of rotatable bonds is 7. The maximum atomic E-state index is 14.2. The van der Waals surface area contributed by atoms with Gasteiger partial charge in [0, 0.05) is 71.2 Å². The van der Waals surface area contributed by atoms with Crippen molar-refractivity contribution in [3.05, 3.63) is 74.8 Å². The Morgan fingerprint density at radius 1 is 0.828 bits per heavy atom. The molecule has 6 heterocycles. The molecule has 3 fully saturated rings. The number of hydrogen-bond donors (Lipinski definition) is 1. The molecule has 15 nitrogen and oxygen atoms in total. The highest BCUT2D eigenvalue weighted by atomic mass is 16.5. The van der Waals surface area contributed by atoms with E-state index in [1.165, 1.54) is 4.57 Å². The number of amides is 5. The summed E-state index contributed by atoms with van der Waals surface area (Å²) >= 11 is 0. The van der Waals surface area contributed by atoms with Crippen molar-refractivity contribution in [1.29, 1.82) is 0 Å². The fourth-order valence-electron chi connectivity index (χ4n) is 10.1. The summed E-state index contributed by atoms with van der Waals surface area (Å²) in [6.07, 6.45) is 9.97. The number of nitrogens with zero attached hydrogens (tertiary/aromatic N) is 6. The normalized spacial score (nSPS) is 20.9. The van der Waals surface area contributed by atoms with Gasteiger partial charge in [-0.2, -0.15) is 5.10 Å². The van der Waals surface area contributed by atoms with Crippen LogP contribution in [0.15, 0.2) is 41.5 Å². The predicted molar refractivity (Wildman–Crippen MR) is 211 cm³/mol. The van der Waals surface area contributed by atoms with E-state index in [-0.39, 0.29) is 29.7 Å². The summed E-state index contributed by atoms with van der Waals surface area (Å²) in [6, 6.07) is 6.32. The van der Waals surface area contributed by atoms with Gasteiger partial charge in [-0.05, 0) is 97.2 Å². The predicted octanol–water partition coefficient (Wildman–Crippen LogP) is 3.79. The van der Waals surface area contributed by atoms with Crippen molar-refractivity contribution in [3.8, 4) is 22.6 Å². The number of nitrogens with one attached hydrogen (secondary N) is 1. The summed E-state index contributed by atoms with van der Waals surface area (Å²) in [4.78, 5) is 83.2. The lowest BCUT2D eigenvalue weighted by Gasteiger charge is -2.46. The van der Waals surface area contributed by atoms with Crippen molar-refractivity contribution < 1.29 is 33.4 Å². The van der Waals surface area contributed by atoms with Gasteiger partial charge in [0.2, 0.25) is 11.8 Å². The van der Waals surface area contributed by atoms with Crippen LogP contribution in [-0.2, 0) is 36.8 Å². The average Bonchev–Trinajstić information content (AvgIpc) is 3.88. The van der Waals surface area contributed by atoms with Crippen molar-refractivity contribution in [2.75, 3.05) is 33.9 Å². The first-order chi connectivity index (χ1) is 27.9. The van der Waals surface area contributed by atoms with Gasteiger partial charge < -0.3 is 18.9 Å². The number of benzene rings is 2. The molecule has 58 heavy (non-hydrogen) atoms. The lowest BCUT2D eigenvalue weighted by molar-refractivity contribution is -0.136. The third-order valence-electron chi connectivity index (χ3n) is 13.3. The molecular formula is C43H47N7O8. The number of likely N-dealkylation sites (tertiary alicyclic amines) is 1. The number of pyridine rings is 1. The lowest BCUT2D eigenvalue weighted by Crippen LogP contribution is -2.54. The minimum absolute atomic E-state index is 0.0925. The maximum absolute atomic E-state index is 14.2. The Labute approximate surface area is 334 Å².